The summed E-state index contributed by atoms with van der Waals surface area (Å²) in [6, 6.07) is 1.13. The van der Waals surface area contributed by atoms with Crippen LogP contribution in [0, 0.1) is 9.52 Å². The van der Waals surface area contributed by atoms with Crippen LogP contribution in [0.25, 0.3) is 0 Å². The van der Waals surface area contributed by atoms with Gasteiger partial charge in [-0.05, 0) is 40.4 Å². The second-order valence-corrected chi connectivity index (χ2v) is 4.15. The van der Waals surface area contributed by atoms with Crippen LogP contribution in [0.2, 0.25) is 0 Å². The van der Waals surface area contributed by atoms with Crippen molar-refractivity contribution in [3.63, 3.8) is 0 Å². The Bertz CT molecular complexity index is 314. The van der Waals surface area contributed by atoms with Gasteiger partial charge in [0, 0.05) is 11.1 Å². The van der Waals surface area contributed by atoms with Crippen molar-refractivity contribution in [3.05, 3.63) is 21.8 Å². The number of alkyl halides is 3. The fraction of sp³-hybridized carbons (Fsp3) is 0.167. The van der Waals surface area contributed by atoms with Gasteiger partial charge in [-0.25, -0.2) is 4.98 Å². The molecule has 0 N–H and O–H groups in total. The van der Waals surface area contributed by atoms with E-state index in [4.69, 9.17) is 0 Å². The molecule has 0 atom stereocenters. The number of thioether (sulfide) groups is 1. The Labute approximate surface area is 89.1 Å². The number of rotatable bonds is 1. The van der Waals surface area contributed by atoms with Crippen LogP contribution < -0.4 is 0 Å². The minimum atomic E-state index is -4.40. The molecule has 72 valence electrons. The zero-order chi connectivity index (χ0) is 10.1. The SMILES string of the molecule is Fc1nccc(SC(F)(F)F)c1I. The highest BCUT2D eigenvalue weighted by Gasteiger charge is 2.30. The fourth-order valence-electron chi connectivity index (χ4n) is 0.605. The van der Waals surface area contributed by atoms with Crippen molar-refractivity contribution < 1.29 is 17.6 Å². The normalized spacial score (nSPS) is 11.8. The molecule has 0 saturated heterocycles. The van der Waals surface area contributed by atoms with E-state index in [9.17, 15) is 17.6 Å². The smallest absolute Gasteiger partial charge is 0.227 e. The Morgan fingerprint density at radius 2 is 2.00 bits per heavy atom. The molecule has 0 bridgehead atoms. The molecular weight excluding hydrogens is 321 g/mol. The topological polar surface area (TPSA) is 12.9 Å². The van der Waals surface area contributed by atoms with Crippen molar-refractivity contribution in [2.45, 2.75) is 10.4 Å². The summed E-state index contributed by atoms with van der Waals surface area (Å²) in [6.07, 6.45) is 1.01. The number of nitrogens with zero attached hydrogens (tertiary/aromatic N) is 1. The number of pyridine rings is 1. The van der Waals surface area contributed by atoms with Gasteiger partial charge in [-0.1, -0.05) is 0 Å². The lowest BCUT2D eigenvalue weighted by atomic mass is 10.5. The summed E-state index contributed by atoms with van der Waals surface area (Å²) >= 11 is 1.14. The fourth-order valence-corrected chi connectivity index (χ4v) is 1.81. The first-order chi connectivity index (χ1) is 5.90. The second-order valence-electron chi connectivity index (χ2n) is 1.96. The zero-order valence-electron chi connectivity index (χ0n) is 5.90. The van der Waals surface area contributed by atoms with E-state index in [-0.39, 0.29) is 20.2 Å². The third-order valence-electron chi connectivity index (χ3n) is 1.04. The van der Waals surface area contributed by atoms with E-state index in [0.717, 1.165) is 12.3 Å². The van der Waals surface area contributed by atoms with Gasteiger partial charge in [-0.15, -0.1) is 0 Å². The molecule has 0 unspecified atom stereocenters. The molecule has 0 amide bonds. The first kappa shape index (κ1) is 11.0. The quantitative estimate of drug-likeness (QED) is 0.340. The van der Waals surface area contributed by atoms with Crippen molar-refractivity contribution in [3.8, 4) is 0 Å². The van der Waals surface area contributed by atoms with Crippen LogP contribution in [-0.2, 0) is 0 Å². The summed E-state index contributed by atoms with van der Waals surface area (Å²) in [4.78, 5) is 3.05. The lowest BCUT2D eigenvalue weighted by Gasteiger charge is -2.06. The molecule has 0 saturated carbocycles. The zero-order valence-corrected chi connectivity index (χ0v) is 8.87. The maximum atomic E-state index is 12.7. The van der Waals surface area contributed by atoms with Crippen LogP contribution in [0.1, 0.15) is 0 Å². The number of hydrogen-bond acceptors (Lipinski definition) is 2. The minimum Gasteiger partial charge on any atom is -0.227 e. The lowest BCUT2D eigenvalue weighted by Crippen LogP contribution is -2.01. The molecule has 0 aliphatic carbocycles. The largest absolute Gasteiger partial charge is 0.446 e. The Morgan fingerprint density at radius 1 is 1.38 bits per heavy atom. The number of halogens is 5. The third-order valence-corrected chi connectivity index (χ3v) is 3.22. The van der Waals surface area contributed by atoms with Gasteiger partial charge >= 0.3 is 5.51 Å². The summed E-state index contributed by atoms with van der Waals surface area (Å²) in [7, 11) is 0. The summed E-state index contributed by atoms with van der Waals surface area (Å²) in [5.41, 5.74) is -4.40. The van der Waals surface area contributed by atoms with Crippen LogP contribution >= 0.6 is 34.4 Å². The van der Waals surface area contributed by atoms with E-state index in [2.05, 4.69) is 4.98 Å². The van der Waals surface area contributed by atoms with Crippen LogP contribution in [0.5, 0.6) is 0 Å². The van der Waals surface area contributed by atoms with Gasteiger partial charge in [-0.3, -0.25) is 0 Å². The van der Waals surface area contributed by atoms with E-state index in [1.165, 1.54) is 22.6 Å². The Hall–Kier alpha value is -0.0500. The molecule has 1 heterocycles. The first-order valence-corrected chi connectivity index (χ1v) is 4.85. The maximum Gasteiger partial charge on any atom is 0.446 e. The molecule has 1 aromatic rings. The van der Waals surface area contributed by atoms with E-state index in [0.29, 0.717) is 0 Å². The molecule has 0 aliphatic heterocycles. The van der Waals surface area contributed by atoms with Gasteiger partial charge in [0.25, 0.3) is 0 Å². The average molecular weight is 323 g/mol. The summed E-state index contributed by atoms with van der Waals surface area (Å²) < 4.78 is 48.2. The molecule has 13 heavy (non-hydrogen) atoms. The molecule has 0 radical (unpaired) electrons. The maximum absolute atomic E-state index is 12.7. The van der Waals surface area contributed by atoms with Crippen molar-refractivity contribution in [1.29, 1.82) is 0 Å². The highest BCUT2D eigenvalue weighted by molar-refractivity contribution is 14.1. The van der Waals surface area contributed by atoms with Crippen molar-refractivity contribution in [2.75, 3.05) is 0 Å². The Morgan fingerprint density at radius 3 is 2.54 bits per heavy atom. The van der Waals surface area contributed by atoms with Gasteiger partial charge in [0.15, 0.2) is 0 Å². The highest BCUT2D eigenvalue weighted by atomic mass is 127. The summed E-state index contributed by atoms with van der Waals surface area (Å²) in [5.74, 6) is -0.880. The van der Waals surface area contributed by atoms with E-state index >= 15 is 0 Å². The predicted octanol–water partition coefficient (Wildman–Crippen LogP) is 3.44. The predicted molar refractivity (Wildman–Crippen MR) is 48.8 cm³/mol. The molecule has 0 spiro atoms. The van der Waals surface area contributed by atoms with Crippen LogP contribution in [0.15, 0.2) is 17.2 Å². The van der Waals surface area contributed by atoms with E-state index in [1.54, 1.807) is 0 Å². The van der Waals surface area contributed by atoms with Crippen molar-refractivity contribution in [2.24, 2.45) is 0 Å². The molecule has 0 aromatic carbocycles. The van der Waals surface area contributed by atoms with Crippen LogP contribution in [0.3, 0.4) is 0 Å². The van der Waals surface area contributed by atoms with Gasteiger partial charge in [0.1, 0.15) is 0 Å². The average Bonchev–Trinajstić information content (AvgIpc) is 1.96. The molecule has 0 aliphatic rings. The first-order valence-electron chi connectivity index (χ1n) is 2.96. The van der Waals surface area contributed by atoms with Gasteiger partial charge in [-0.2, -0.15) is 17.6 Å². The second kappa shape index (κ2) is 3.99. The summed E-state index contributed by atoms with van der Waals surface area (Å²) in [5, 5.41) is 0. The molecule has 1 nitrogen and oxygen atoms in total. The molecule has 7 heteroatoms. The van der Waals surface area contributed by atoms with Crippen LogP contribution in [-0.4, -0.2) is 10.5 Å². The number of aromatic nitrogens is 1. The molecule has 1 rings (SSSR count). The van der Waals surface area contributed by atoms with Crippen LogP contribution in [0.4, 0.5) is 17.6 Å². The standard InChI is InChI=1S/C6H2F4INS/c7-5-4(11)3(1-2-12-5)13-6(8,9)10/h1-2H. The molecule has 0 fully saturated rings. The van der Waals surface area contributed by atoms with Gasteiger partial charge in [0.2, 0.25) is 5.95 Å². The lowest BCUT2D eigenvalue weighted by molar-refractivity contribution is -0.0328. The van der Waals surface area contributed by atoms with Crippen molar-refractivity contribution in [1.82, 2.24) is 4.98 Å². The van der Waals surface area contributed by atoms with Crippen molar-refractivity contribution >= 4 is 34.4 Å². The monoisotopic (exact) mass is 323 g/mol. The summed E-state index contributed by atoms with van der Waals surface area (Å²) in [6.45, 7) is 0. The highest BCUT2D eigenvalue weighted by Crippen LogP contribution is 2.38. The van der Waals surface area contributed by atoms with E-state index in [1.807, 2.05) is 0 Å². The van der Waals surface area contributed by atoms with Gasteiger partial charge < -0.3 is 0 Å². The molecule has 1 aromatic heterocycles. The third kappa shape index (κ3) is 3.29. The Kier molecular flexibility index (Phi) is 3.38. The van der Waals surface area contributed by atoms with E-state index < -0.39 is 11.5 Å². The van der Waals surface area contributed by atoms with Gasteiger partial charge in [0.05, 0.1) is 3.57 Å². The minimum absolute atomic E-state index is 0.109. The Balaban J connectivity index is 2.96. The number of hydrogen-bond donors (Lipinski definition) is 0. The molecular formula is C6H2F4INS.